The van der Waals surface area contributed by atoms with Gasteiger partial charge in [0.25, 0.3) is 0 Å². The van der Waals surface area contributed by atoms with E-state index in [2.05, 4.69) is 34.4 Å². The Labute approximate surface area is 325 Å². The predicted molar refractivity (Wildman–Crippen MR) is 189 cm³/mol. The first-order valence-corrected chi connectivity index (χ1v) is 21.5. The lowest BCUT2D eigenvalue weighted by Crippen LogP contribution is -2.46. The van der Waals surface area contributed by atoms with Crippen LogP contribution in [0.3, 0.4) is 0 Å². The number of aliphatic hydroxyl groups is 2. The van der Waals surface area contributed by atoms with Crippen molar-refractivity contribution in [1.29, 1.82) is 0 Å². The van der Waals surface area contributed by atoms with Crippen molar-refractivity contribution < 1.29 is 95.2 Å². The second-order valence-corrected chi connectivity index (χ2v) is 18.0. The number of carbonyl (C=O) groups is 5. The van der Waals surface area contributed by atoms with E-state index in [9.17, 15) is 67.5 Å². The summed E-state index contributed by atoms with van der Waals surface area (Å²) in [6, 6.07) is 0. The number of aromatic nitrogens is 4. The van der Waals surface area contributed by atoms with Gasteiger partial charge in [0.2, 0.25) is 16.9 Å². The first-order valence-electron chi connectivity index (χ1n) is 16.0. The zero-order chi connectivity index (χ0) is 43.1. The molecule has 11 N–H and O–H groups in total. The summed E-state index contributed by atoms with van der Waals surface area (Å²) in [7, 11) is -16.5. The van der Waals surface area contributed by atoms with E-state index in [1.807, 2.05) is 0 Å². The van der Waals surface area contributed by atoms with Gasteiger partial charge in [-0.25, -0.2) is 28.6 Å². The zero-order valence-electron chi connectivity index (χ0n) is 29.9. The molecule has 0 saturated carbocycles. The molecule has 2 amide bonds. The minimum atomic E-state index is -5.61. The Morgan fingerprint density at radius 3 is 2.30 bits per heavy atom. The molecule has 2 aromatic rings. The lowest BCUT2D eigenvalue weighted by atomic mass is 9.87. The summed E-state index contributed by atoms with van der Waals surface area (Å²) < 4.78 is 61.9. The van der Waals surface area contributed by atoms with Gasteiger partial charge in [-0.15, -0.1) is 0 Å². The summed E-state index contributed by atoms with van der Waals surface area (Å²) in [5.74, 6) is -6.05. The number of hydrogen-bond acceptors (Lipinski definition) is 20. The second-order valence-electron chi connectivity index (χ2n) is 12.6. The zero-order valence-corrected chi connectivity index (χ0v) is 33.4. The Kier molecular flexibility index (Phi) is 16.6. The van der Waals surface area contributed by atoms with Gasteiger partial charge in [0.05, 0.1) is 19.5 Å². The number of aliphatic carboxylic acids is 1. The second kappa shape index (κ2) is 19.6. The van der Waals surface area contributed by atoms with Gasteiger partial charge in [-0.05, 0) is 6.92 Å². The monoisotopic (exact) mass is 895 g/mol. The van der Waals surface area contributed by atoms with E-state index in [0.29, 0.717) is 11.8 Å². The van der Waals surface area contributed by atoms with Gasteiger partial charge in [0.1, 0.15) is 36.3 Å². The maximum atomic E-state index is 12.7. The van der Waals surface area contributed by atoms with Crippen LogP contribution in [0.15, 0.2) is 12.7 Å². The van der Waals surface area contributed by atoms with Crippen LogP contribution in [0.25, 0.3) is 11.2 Å². The molecule has 0 radical (unpaired) electrons. The first-order chi connectivity index (χ1) is 26.2. The molecule has 27 nitrogen and oxygen atoms in total. The Hall–Kier alpha value is -3.30. The number of amides is 2. The number of Topliss-reactive ketones (excluding diaryl/α,β-unsaturated/α-hetero) is 1. The summed E-state index contributed by atoms with van der Waals surface area (Å²) in [5, 5.41) is 34.1. The van der Waals surface area contributed by atoms with Gasteiger partial charge in [0, 0.05) is 30.7 Å². The van der Waals surface area contributed by atoms with Crippen molar-refractivity contribution in [1.82, 2.24) is 30.2 Å². The van der Waals surface area contributed by atoms with Crippen molar-refractivity contribution in [3.63, 3.8) is 0 Å². The molecule has 8 atom stereocenters. The SMILES string of the molecule is CC(=O)C(C(=O)O)C(=O)SCCNC(=O)CCNC(=O)[C@H](O)C(C)(C)COP(=O)(O)OP(=O)(O)OC[C@H]1O[C@@H](n2cnc3c(N)ncnc32)[C@H](O)[C@@H]1OP(=O)(O)O. The number of anilines is 1. The molecule has 2 aromatic heterocycles. The van der Waals surface area contributed by atoms with Crippen LogP contribution in [0.5, 0.6) is 0 Å². The van der Waals surface area contributed by atoms with Gasteiger partial charge in [-0.3, -0.25) is 42.1 Å². The molecule has 31 heteroatoms. The van der Waals surface area contributed by atoms with Gasteiger partial charge in [0.15, 0.2) is 29.4 Å². The molecule has 1 fully saturated rings. The maximum Gasteiger partial charge on any atom is 0.481 e. The van der Waals surface area contributed by atoms with E-state index in [0.717, 1.165) is 24.1 Å². The molecular weight excluding hydrogens is 855 g/mol. The molecule has 1 aliphatic rings. The van der Waals surface area contributed by atoms with Crippen molar-refractivity contribution in [2.45, 2.75) is 57.8 Å². The van der Waals surface area contributed by atoms with E-state index in [1.54, 1.807) is 0 Å². The number of imidazole rings is 1. The Morgan fingerprint density at radius 2 is 1.68 bits per heavy atom. The molecule has 0 spiro atoms. The van der Waals surface area contributed by atoms with Crippen molar-refractivity contribution >= 4 is 80.9 Å². The molecule has 320 valence electrons. The maximum absolute atomic E-state index is 12.7. The molecule has 0 aromatic carbocycles. The van der Waals surface area contributed by atoms with Gasteiger partial charge >= 0.3 is 29.4 Å². The molecule has 1 aliphatic heterocycles. The molecule has 57 heavy (non-hydrogen) atoms. The van der Waals surface area contributed by atoms with Gasteiger partial charge < -0.3 is 56.0 Å². The van der Waals surface area contributed by atoms with Crippen LogP contribution < -0.4 is 16.4 Å². The van der Waals surface area contributed by atoms with Crippen LogP contribution in [0, 0.1) is 11.3 Å². The number of ether oxygens (including phenoxy) is 1. The number of hydrogen-bond donors (Lipinski definition) is 10. The average Bonchev–Trinajstić information content (AvgIpc) is 3.64. The summed E-state index contributed by atoms with van der Waals surface area (Å²) in [4.78, 5) is 110. The number of nitrogens with two attached hydrogens (primary N) is 1. The van der Waals surface area contributed by atoms with E-state index in [1.165, 1.54) is 13.8 Å². The molecule has 0 bridgehead atoms. The third kappa shape index (κ3) is 13.9. The van der Waals surface area contributed by atoms with Crippen LogP contribution in [-0.4, -0.2) is 140 Å². The summed E-state index contributed by atoms with van der Waals surface area (Å²) in [6.07, 6.45) is -7.26. The average molecular weight is 896 g/mol. The quantitative estimate of drug-likeness (QED) is 0.0345. The van der Waals surface area contributed by atoms with Crippen LogP contribution in [0.2, 0.25) is 0 Å². The number of ketones is 1. The van der Waals surface area contributed by atoms with Crippen molar-refractivity contribution in [2.75, 3.05) is 37.8 Å². The highest BCUT2D eigenvalue weighted by Gasteiger charge is 2.50. The van der Waals surface area contributed by atoms with Crippen LogP contribution in [-0.2, 0) is 60.3 Å². The number of fused-ring (bicyclic) bond motifs is 1. The molecule has 3 rings (SSSR count). The lowest BCUT2D eigenvalue weighted by molar-refractivity contribution is -0.148. The van der Waals surface area contributed by atoms with Crippen molar-refractivity contribution in [3.05, 3.63) is 12.7 Å². The Bertz CT molecular complexity index is 1950. The smallest absolute Gasteiger partial charge is 0.480 e. The number of nitrogens with zero attached hydrogens (tertiary/aromatic N) is 4. The highest BCUT2D eigenvalue weighted by Crippen LogP contribution is 2.61. The first kappa shape index (κ1) is 48.1. The number of carboxylic acid groups (broad SMARTS) is 1. The normalized spacial score (nSPS) is 21.9. The molecular formula is C26H40N7O20P3S. The fraction of sp³-hybridized carbons (Fsp3) is 0.615. The predicted octanol–water partition coefficient (Wildman–Crippen LogP) is -2.05. The minimum Gasteiger partial charge on any atom is -0.480 e. The number of rotatable bonds is 22. The summed E-state index contributed by atoms with van der Waals surface area (Å²) >= 11 is 0.533. The molecule has 1 saturated heterocycles. The summed E-state index contributed by atoms with van der Waals surface area (Å²) in [5.41, 5.74) is 4.15. The number of carboxylic acids is 1. The van der Waals surface area contributed by atoms with Gasteiger partial charge in [-0.2, -0.15) is 4.31 Å². The third-order valence-corrected chi connectivity index (χ3v) is 11.7. The van der Waals surface area contributed by atoms with E-state index in [4.69, 9.17) is 24.6 Å². The fourth-order valence-corrected chi connectivity index (χ4v) is 8.47. The number of thioether (sulfide) groups is 1. The highest BCUT2D eigenvalue weighted by atomic mass is 32.2. The van der Waals surface area contributed by atoms with Crippen LogP contribution in [0.4, 0.5) is 5.82 Å². The van der Waals surface area contributed by atoms with E-state index in [-0.39, 0.29) is 42.2 Å². The van der Waals surface area contributed by atoms with Crippen LogP contribution in [0.1, 0.15) is 33.4 Å². The standard InChI is InChI=1S/C26H40N7O20P3S/c1-12(34)15(24(39)40)25(41)57-7-6-28-14(35)4-5-29-22(38)19(37)26(2,3)9-50-56(47,48)53-55(45,46)49-8-13-18(52-54(42,43)44)17(36)23(51-13)33-11-32-16-20(27)30-10-31-21(16)33/h10-11,13,15,17-19,23,36-37H,4-9H2,1-3H3,(H,28,35)(H,29,38)(H,39,40)(H,45,46)(H,47,48)(H2,27,30,31)(H2,42,43,44)/t13-,15?,17-,18-,19+,23-/m1/s1. The molecule has 3 heterocycles. The van der Waals surface area contributed by atoms with Crippen molar-refractivity contribution in [3.8, 4) is 0 Å². The topological polar surface area (TPSA) is 418 Å². The Morgan fingerprint density at radius 1 is 1.04 bits per heavy atom. The third-order valence-electron chi connectivity index (χ3n) is 7.64. The number of nitrogen functional groups attached to an aromatic ring is 1. The molecule has 3 unspecified atom stereocenters. The number of phosphoric ester groups is 3. The van der Waals surface area contributed by atoms with Crippen molar-refractivity contribution in [2.24, 2.45) is 11.3 Å². The van der Waals surface area contributed by atoms with E-state index < -0.39 is 107 Å². The summed E-state index contributed by atoms with van der Waals surface area (Å²) in [6.45, 7) is 0.848. The largest absolute Gasteiger partial charge is 0.481 e. The molecule has 0 aliphatic carbocycles. The lowest BCUT2D eigenvalue weighted by Gasteiger charge is -2.30. The Balaban J connectivity index is 1.49. The van der Waals surface area contributed by atoms with Gasteiger partial charge in [-0.1, -0.05) is 25.6 Å². The van der Waals surface area contributed by atoms with Crippen LogP contribution >= 0.6 is 35.2 Å². The highest BCUT2D eigenvalue weighted by molar-refractivity contribution is 8.13. The van der Waals surface area contributed by atoms with E-state index >= 15 is 0 Å². The number of nitrogens with one attached hydrogen (secondary N) is 2. The number of aliphatic hydroxyl groups excluding tert-OH is 2. The number of carbonyl (C=O) groups excluding carboxylic acids is 4. The minimum absolute atomic E-state index is 0.0110. The number of phosphoric acid groups is 3. The fourth-order valence-electron chi connectivity index (χ4n) is 4.81.